The lowest BCUT2D eigenvalue weighted by Gasteiger charge is -2.12. The van der Waals surface area contributed by atoms with Gasteiger partial charge in [0, 0.05) is 23.4 Å². The number of carbonyl (C=O) groups excluding carboxylic acids is 2. The number of rotatable bonds is 7. The number of anilines is 2. The van der Waals surface area contributed by atoms with Gasteiger partial charge in [-0.2, -0.15) is 0 Å². The Morgan fingerprint density at radius 1 is 1.11 bits per heavy atom. The first kappa shape index (κ1) is 19.3. The first-order valence-corrected chi connectivity index (χ1v) is 9.04. The van der Waals surface area contributed by atoms with Gasteiger partial charge in [-0.25, -0.2) is 0 Å². The lowest BCUT2D eigenvalue weighted by Crippen LogP contribution is -2.26. The molecular weight excluding hydrogens is 360 g/mol. The zero-order valence-electron chi connectivity index (χ0n) is 15.7. The summed E-state index contributed by atoms with van der Waals surface area (Å²) in [5.74, 6) is -0.551. The Morgan fingerprint density at radius 2 is 1.86 bits per heavy atom. The summed E-state index contributed by atoms with van der Waals surface area (Å²) in [4.78, 5) is 35.1. The van der Waals surface area contributed by atoms with E-state index in [-0.39, 0.29) is 29.9 Å². The maximum absolute atomic E-state index is 12.3. The van der Waals surface area contributed by atoms with E-state index < -0.39 is 10.8 Å². The highest BCUT2D eigenvalue weighted by molar-refractivity contribution is 5.97. The molecule has 0 atom stereocenters. The number of nitrogens with zero attached hydrogens (tertiary/aromatic N) is 1. The minimum Gasteiger partial charge on any atom is -0.376 e. The molecular formula is C20H22N4O4. The van der Waals surface area contributed by atoms with Crippen LogP contribution >= 0.6 is 0 Å². The van der Waals surface area contributed by atoms with Gasteiger partial charge in [-0.3, -0.25) is 19.7 Å². The zero-order chi connectivity index (χ0) is 20.3. The predicted molar refractivity (Wildman–Crippen MR) is 107 cm³/mol. The van der Waals surface area contributed by atoms with Crippen LogP contribution in [0.3, 0.4) is 0 Å². The molecule has 2 aromatic carbocycles. The number of carbonyl (C=O) groups is 2. The molecule has 0 aromatic heterocycles. The van der Waals surface area contributed by atoms with Gasteiger partial charge < -0.3 is 16.0 Å². The van der Waals surface area contributed by atoms with Crippen molar-refractivity contribution in [3.8, 4) is 0 Å². The molecule has 0 aliphatic heterocycles. The van der Waals surface area contributed by atoms with Crippen molar-refractivity contribution in [3.05, 3.63) is 63.2 Å². The topological polar surface area (TPSA) is 113 Å². The average Bonchev–Trinajstić information content (AvgIpc) is 3.46. The maximum Gasteiger partial charge on any atom is 0.293 e. The summed E-state index contributed by atoms with van der Waals surface area (Å²) in [5.41, 5.74) is 2.81. The molecule has 3 N–H and O–H groups in total. The molecule has 8 nitrogen and oxygen atoms in total. The van der Waals surface area contributed by atoms with E-state index in [9.17, 15) is 19.7 Å². The zero-order valence-corrected chi connectivity index (χ0v) is 15.7. The predicted octanol–water partition coefficient (Wildman–Crippen LogP) is 3.15. The summed E-state index contributed by atoms with van der Waals surface area (Å²) in [6.07, 6.45) is 2.02. The van der Waals surface area contributed by atoms with E-state index in [2.05, 4.69) is 16.0 Å². The largest absolute Gasteiger partial charge is 0.376 e. The van der Waals surface area contributed by atoms with E-state index >= 15 is 0 Å². The Balaban J connectivity index is 1.64. The minimum atomic E-state index is -0.526. The van der Waals surface area contributed by atoms with Gasteiger partial charge in [-0.1, -0.05) is 12.1 Å². The molecule has 28 heavy (non-hydrogen) atoms. The lowest BCUT2D eigenvalue weighted by molar-refractivity contribution is -0.384. The van der Waals surface area contributed by atoms with Crippen LogP contribution in [0.2, 0.25) is 0 Å². The number of nitro groups is 1. The smallest absolute Gasteiger partial charge is 0.293 e. The summed E-state index contributed by atoms with van der Waals surface area (Å²) in [6.45, 7) is 3.53. The number of hydrogen-bond donors (Lipinski definition) is 3. The standard InChI is InChI=1S/C20H22N4O4/c1-12-3-8-16(18(9-12)24(27)28)23-19(25)11-21-17-10-14(5-4-13(17)2)20(26)22-15-6-7-15/h3-5,8-10,15,21H,6-7,11H2,1-2H3,(H,22,26)(H,23,25). The van der Waals surface area contributed by atoms with Gasteiger partial charge >= 0.3 is 0 Å². The molecule has 0 spiro atoms. The highest BCUT2D eigenvalue weighted by Gasteiger charge is 2.24. The van der Waals surface area contributed by atoms with E-state index in [1.54, 1.807) is 25.1 Å². The minimum absolute atomic E-state index is 0.0838. The fourth-order valence-electron chi connectivity index (χ4n) is 2.72. The molecule has 0 heterocycles. The third-order valence-electron chi connectivity index (χ3n) is 4.48. The quantitative estimate of drug-likeness (QED) is 0.503. The van der Waals surface area contributed by atoms with E-state index in [4.69, 9.17) is 0 Å². The normalized spacial score (nSPS) is 12.9. The van der Waals surface area contributed by atoms with Crippen molar-refractivity contribution >= 4 is 28.9 Å². The molecule has 2 aromatic rings. The number of nitrogens with one attached hydrogen (secondary N) is 3. The second-order valence-electron chi connectivity index (χ2n) is 6.96. The molecule has 0 saturated heterocycles. The summed E-state index contributed by atoms with van der Waals surface area (Å²) in [6, 6.07) is 10.1. The van der Waals surface area contributed by atoms with Gasteiger partial charge in [0.1, 0.15) is 5.69 Å². The van der Waals surface area contributed by atoms with Crippen LogP contribution in [0.4, 0.5) is 17.1 Å². The first-order chi connectivity index (χ1) is 13.3. The molecule has 1 aliphatic carbocycles. The molecule has 1 saturated carbocycles. The number of aryl methyl sites for hydroxylation is 2. The molecule has 0 radical (unpaired) electrons. The lowest BCUT2D eigenvalue weighted by atomic mass is 10.1. The first-order valence-electron chi connectivity index (χ1n) is 9.04. The van der Waals surface area contributed by atoms with Crippen molar-refractivity contribution in [2.24, 2.45) is 0 Å². The Hall–Kier alpha value is -3.42. The number of amides is 2. The van der Waals surface area contributed by atoms with Crippen LogP contribution in [0.15, 0.2) is 36.4 Å². The van der Waals surface area contributed by atoms with E-state index in [0.29, 0.717) is 11.3 Å². The van der Waals surface area contributed by atoms with Crippen LogP contribution < -0.4 is 16.0 Å². The monoisotopic (exact) mass is 382 g/mol. The van der Waals surface area contributed by atoms with Crippen molar-refractivity contribution in [3.63, 3.8) is 0 Å². The van der Waals surface area contributed by atoms with Crippen LogP contribution in [0, 0.1) is 24.0 Å². The number of benzene rings is 2. The number of nitro benzene ring substituents is 1. The van der Waals surface area contributed by atoms with Gasteiger partial charge in [0.25, 0.3) is 11.6 Å². The fraction of sp³-hybridized carbons (Fsp3) is 0.300. The Bertz CT molecular complexity index is 938. The Labute approximate surface area is 162 Å². The van der Waals surface area contributed by atoms with Gasteiger partial charge in [0.15, 0.2) is 0 Å². The average molecular weight is 382 g/mol. The van der Waals surface area contributed by atoms with Gasteiger partial charge in [0.05, 0.1) is 11.5 Å². The summed E-state index contributed by atoms with van der Waals surface area (Å²) >= 11 is 0. The maximum atomic E-state index is 12.3. The van der Waals surface area contributed by atoms with Crippen LogP contribution in [0.25, 0.3) is 0 Å². The molecule has 3 rings (SSSR count). The Morgan fingerprint density at radius 3 is 2.54 bits per heavy atom. The van der Waals surface area contributed by atoms with E-state index in [0.717, 1.165) is 24.0 Å². The van der Waals surface area contributed by atoms with E-state index in [1.165, 1.54) is 12.1 Å². The van der Waals surface area contributed by atoms with Gasteiger partial charge in [-0.05, 0) is 56.0 Å². The van der Waals surface area contributed by atoms with Gasteiger partial charge in [0.2, 0.25) is 5.91 Å². The van der Waals surface area contributed by atoms with Crippen molar-refractivity contribution in [1.82, 2.24) is 5.32 Å². The highest BCUT2D eigenvalue weighted by atomic mass is 16.6. The van der Waals surface area contributed by atoms with Crippen molar-refractivity contribution in [2.45, 2.75) is 32.7 Å². The summed E-state index contributed by atoms with van der Waals surface area (Å²) < 4.78 is 0. The SMILES string of the molecule is Cc1ccc(NC(=O)CNc2cc(C(=O)NC3CC3)ccc2C)c([N+](=O)[O-])c1. The van der Waals surface area contributed by atoms with Gasteiger partial charge in [-0.15, -0.1) is 0 Å². The molecule has 0 unspecified atom stereocenters. The molecule has 146 valence electrons. The molecule has 8 heteroatoms. The summed E-state index contributed by atoms with van der Waals surface area (Å²) in [5, 5.41) is 19.6. The van der Waals surface area contributed by atoms with Crippen molar-refractivity contribution < 1.29 is 14.5 Å². The van der Waals surface area contributed by atoms with Crippen molar-refractivity contribution in [1.29, 1.82) is 0 Å². The van der Waals surface area contributed by atoms with Crippen LogP contribution in [-0.2, 0) is 4.79 Å². The molecule has 1 fully saturated rings. The van der Waals surface area contributed by atoms with Crippen LogP contribution in [0.1, 0.15) is 34.3 Å². The molecule has 0 bridgehead atoms. The molecule has 2 amide bonds. The summed E-state index contributed by atoms with van der Waals surface area (Å²) in [7, 11) is 0. The fourth-order valence-corrected chi connectivity index (χ4v) is 2.72. The van der Waals surface area contributed by atoms with E-state index in [1.807, 2.05) is 13.0 Å². The van der Waals surface area contributed by atoms with Crippen LogP contribution in [-0.4, -0.2) is 29.3 Å². The Kier molecular flexibility index (Phi) is 5.58. The second-order valence-corrected chi connectivity index (χ2v) is 6.96. The van der Waals surface area contributed by atoms with Crippen molar-refractivity contribution in [2.75, 3.05) is 17.2 Å². The highest BCUT2D eigenvalue weighted by Crippen LogP contribution is 2.25. The number of hydrogen-bond acceptors (Lipinski definition) is 5. The van der Waals surface area contributed by atoms with Crippen LogP contribution in [0.5, 0.6) is 0 Å². The third kappa shape index (κ3) is 4.85. The molecule has 1 aliphatic rings. The third-order valence-corrected chi connectivity index (χ3v) is 4.48. The second kappa shape index (κ2) is 8.08.